The molecule has 0 bridgehead atoms. The Balaban J connectivity index is 1.74. The Kier molecular flexibility index (Phi) is 2.61. The monoisotopic (exact) mass is 301 g/mol. The number of aromatic nitrogens is 5. The SMILES string of the molecule is c1cc2c(c(-n3ccnc3-c3cnn4cccnc34)c1)CCC2. The average Bonchev–Trinajstić information content (AvgIpc) is 3.32. The number of aryl methyl sites for hydroxylation is 1. The molecule has 0 saturated carbocycles. The molecule has 1 aliphatic carbocycles. The van der Waals surface area contributed by atoms with E-state index in [0.717, 1.165) is 23.5 Å². The molecular formula is C18H15N5. The van der Waals surface area contributed by atoms with Gasteiger partial charge in [0.15, 0.2) is 5.65 Å². The molecule has 3 aromatic heterocycles. The van der Waals surface area contributed by atoms with E-state index in [1.165, 1.54) is 29.7 Å². The molecule has 0 aliphatic heterocycles. The van der Waals surface area contributed by atoms with Gasteiger partial charge in [0.2, 0.25) is 0 Å². The van der Waals surface area contributed by atoms with Gasteiger partial charge in [0.05, 0.1) is 17.4 Å². The summed E-state index contributed by atoms with van der Waals surface area (Å²) in [7, 11) is 0. The lowest BCUT2D eigenvalue weighted by Gasteiger charge is -2.12. The summed E-state index contributed by atoms with van der Waals surface area (Å²) >= 11 is 0. The molecule has 0 unspecified atom stereocenters. The number of rotatable bonds is 2. The molecule has 0 N–H and O–H groups in total. The summed E-state index contributed by atoms with van der Waals surface area (Å²) in [5, 5.41) is 4.38. The highest BCUT2D eigenvalue weighted by atomic mass is 15.2. The lowest BCUT2D eigenvalue weighted by atomic mass is 10.1. The molecule has 0 radical (unpaired) electrons. The van der Waals surface area contributed by atoms with E-state index in [1.807, 2.05) is 30.9 Å². The predicted molar refractivity (Wildman–Crippen MR) is 87.6 cm³/mol. The maximum absolute atomic E-state index is 4.58. The van der Waals surface area contributed by atoms with Gasteiger partial charge >= 0.3 is 0 Å². The highest BCUT2D eigenvalue weighted by Gasteiger charge is 2.19. The van der Waals surface area contributed by atoms with Crippen LogP contribution in [0.2, 0.25) is 0 Å². The standard InChI is InChI=1S/C18H15N5/c1-4-13-5-2-7-16(14(13)6-1)22-11-9-20-17(22)15-12-21-23-10-3-8-19-18(15)23/h2-3,5,7-12H,1,4,6H2. The predicted octanol–water partition coefficient (Wildman–Crippen LogP) is 3.07. The van der Waals surface area contributed by atoms with Crippen LogP contribution in [0.15, 0.2) is 55.2 Å². The van der Waals surface area contributed by atoms with E-state index in [-0.39, 0.29) is 0 Å². The zero-order valence-corrected chi connectivity index (χ0v) is 12.6. The Morgan fingerprint density at radius 2 is 1.96 bits per heavy atom. The zero-order chi connectivity index (χ0) is 15.2. The van der Waals surface area contributed by atoms with E-state index in [2.05, 4.69) is 37.8 Å². The molecule has 0 spiro atoms. The van der Waals surface area contributed by atoms with E-state index < -0.39 is 0 Å². The molecule has 5 heteroatoms. The highest BCUT2D eigenvalue weighted by molar-refractivity contribution is 5.73. The van der Waals surface area contributed by atoms with Crippen molar-refractivity contribution in [1.82, 2.24) is 24.1 Å². The van der Waals surface area contributed by atoms with Crippen molar-refractivity contribution in [2.24, 2.45) is 0 Å². The molecule has 0 saturated heterocycles. The smallest absolute Gasteiger partial charge is 0.165 e. The zero-order valence-electron chi connectivity index (χ0n) is 12.6. The number of hydrogen-bond donors (Lipinski definition) is 0. The fourth-order valence-electron chi connectivity index (χ4n) is 3.51. The first-order chi connectivity index (χ1) is 11.4. The van der Waals surface area contributed by atoms with Gasteiger partial charge in [0, 0.05) is 24.8 Å². The van der Waals surface area contributed by atoms with E-state index in [4.69, 9.17) is 0 Å². The largest absolute Gasteiger partial charge is 0.299 e. The van der Waals surface area contributed by atoms with Gasteiger partial charge in [-0.3, -0.25) is 4.57 Å². The average molecular weight is 301 g/mol. The number of fused-ring (bicyclic) bond motifs is 2. The first-order valence-corrected chi connectivity index (χ1v) is 7.85. The van der Waals surface area contributed by atoms with E-state index in [9.17, 15) is 0 Å². The first kappa shape index (κ1) is 12.6. The summed E-state index contributed by atoms with van der Waals surface area (Å²) in [5.41, 5.74) is 5.90. The second-order valence-corrected chi connectivity index (χ2v) is 5.84. The van der Waals surface area contributed by atoms with Crippen molar-refractivity contribution in [2.75, 3.05) is 0 Å². The van der Waals surface area contributed by atoms with Gasteiger partial charge in [-0.15, -0.1) is 0 Å². The number of imidazole rings is 1. The second kappa shape index (κ2) is 4.78. The van der Waals surface area contributed by atoms with Gasteiger partial charge in [-0.25, -0.2) is 14.5 Å². The van der Waals surface area contributed by atoms with Crippen LogP contribution in [0.4, 0.5) is 0 Å². The Morgan fingerprint density at radius 1 is 0.957 bits per heavy atom. The van der Waals surface area contributed by atoms with Crippen LogP contribution in [0.1, 0.15) is 17.5 Å². The van der Waals surface area contributed by atoms with Crippen molar-refractivity contribution < 1.29 is 0 Å². The number of nitrogens with zero attached hydrogens (tertiary/aromatic N) is 5. The summed E-state index contributed by atoms with van der Waals surface area (Å²) in [6, 6.07) is 8.42. The van der Waals surface area contributed by atoms with Crippen molar-refractivity contribution in [3.8, 4) is 17.1 Å². The van der Waals surface area contributed by atoms with Crippen LogP contribution >= 0.6 is 0 Å². The minimum absolute atomic E-state index is 0.826. The van der Waals surface area contributed by atoms with Gasteiger partial charge in [-0.1, -0.05) is 12.1 Å². The molecule has 112 valence electrons. The van der Waals surface area contributed by atoms with Crippen LogP contribution in [0.5, 0.6) is 0 Å². The number of benzene rings is 1. The van der Waals surface area contributed by atoms with E-state index in [0.29, 0.717) is 0 Å². The van der Waals surface area contributed by atoms with Crippen LogP contribution in [-0.2, 0) is 12.8 Å². The molecule has 0 atom stereocenters. The van der Waals surface area contributed by atoms with Gasteiger partial charge in [-0.2, -0.15) is 5.10 Å². The second-order valence-electron chi connectivity index (χ2n) is 5.84. The molecule has 5 nitrogen and oxygen atoms in total. The van der Waals surface area contributed by atoms with Crippen molar-refractivity contribution >= 4 is 5.65 Å². The van der Waals surface area contributed by atoms with Crippen LogP contribution in [0, 0.1) is 0 Å². The van der Waals surface area contributed by atoms with E-state index in [1.54, 1.807) is 10.7 Å². The molecule has 4 aromatic rings. The lowest BCUT2D eigenvalue weighted by molar-refractivity contribution is 0.905. The maximum Gasteiger partial charge on any atom is 0.165 e. The lowest BCUT2D eigenvalue weighted by Crippen LogP contribution is -2.01. The third-order valence-electron chi connectivity index (χ3n) is 4.54. The molecule has 1 aromatic carbocycles. The van der Waals surface area contributed by atoms with Crippen LogP contribution in [-0.4, -0.2) is 24.1 Å². The van der Waals surface area contributed by atoms with Crippen LogP contribution < -0.4 is 0 Å². The minimum Gasteiger partial charge on any atom is -0.299 e. The topological polar surface area (TPSA) is 48.0 Å². The van der Waals surface area contributed by atoms with E-state index >= 15 is 0 Å². The normalized spacial score (nSPS) is 13.6. The molecule has 5 rings (SSSR count). The Labute approximate surface area is 133 Å². The van der Waals surface area contributed by atoms with Gasteiger partial charge in [0.25, 0.3) is 0 Å². The third kappa shape index (κ3) is 1.83. The summed E-state index contributed by atoms with van der Waals surface area (Å²) < 4.78 is 3.94. The Bertz CT molecular complexity index is 1010. The summed E-state index contributed by atoms with van der Waals surface area (Å²) in [6.07, 6.45) is 12.9. The third-order valence-corrected chi connectivity index (χ3v) is 4.54. The van der Waals surface area contributed by atoms with Crippen molar-refractivity contribution in [1.29, 1.82) is 0 Å². The van der Waals surface area contributed by atoms with Gasteiger partial charge in [-0.05, 0) is 42.5 Å². The quantitative estimate of drug-likeness (QED) is 0.571. The molecule has 23 heavy (non-hydrogen) atoms. The molecule has 3 heterocycles. The van der Waals surface area contributed by atoms with Crippen molar-refractivity contribution in [3.05, 3.63) is 66.4 Å². The van der Waals surface area contributed by atoms with Crippen molar-refractivity contribution in [3.63, 3.8) is 0 Å². The summed E-state index contributed by atoms with van der Waals surface area (Å²) in [4.78, 5) is 9.03. The molecule has 0 amide bonds. The number of hydrogen-bond acceptors (Lipinski definition) is 3. The minimum atomic E-state index is 0.826. The van der Waals surface area contributed by atoms with Crippen molar-refractivity contribution in [2.45, 2.75) is 19.3 Å². The van der Waals surface area contributed by atoms with Crippen LogP contribution in [0.25, 0.3) is 22.7 Å². The Morgan fingerprint density at radius 3 is 2.96 bits per heavy atom. The Hall–Kier alpha value is -2.95. The highest BCUT2D eigenvalue weighted by Crippen LogP contribution is 2.31. The fourth-order valence-corrected chi connectivity index (χ4v) is 3.51. The van der Waals surface area contributed by atoms with Crippen LogP contribution in [0.3, 0.4) is 0 Å². The molecule has 1 aliphatic rings. The molecular weight excluding hydrogens is 286 g/mol. The van der Waals surface area contributed by atoms with Gasteiger partial charge < -0.3 is 0 Å². The first-order valence-electron chi connectivity index (χ1n) is 7.85. The summed E-state index contributed by atoms with van der Waals surface area (Å²) in [5.74, 6) is 0.888. The van der Waals surface area contributed by atoms with Gasteiger partial charge in [0.1, 0.15) is 5.82 Å². The maximum atomic E-state index is 4.58. The fraction of sp³-hybridized carbons (Fsp3) is 0.167. The summed E-state index contributed by atoms with van der Waals surface area (Å²) in [6.45, 7) is 0. The molecule has 0 fully saturated rings.